The van der Waals surface area contributed by atoms with Crippen LogP contribution in [0.25, 0.3) is 0 Å². The van der Waals surface area contributed by atoms with Crippen molar-refractivity contribution < 1.29 is 14.3 Å². The predicted molar refractivity (Wildman–Crippen MR) is 108 cm³/mol. The second-order valence-electron chi connectivity index (χ2n) is 6.49. The van der Waals surface area contributed by atoms with E-state index in [9.17, 15) is 4.79 Å². The van der Waals surface area contributed by atoms with Gasteiger partial charge in [0.05, 0.1) is 6.04 Å². The lowest BCUT2D eigenvalue weighted by molar-refractivity contribution is -0.124. The highest BCUT2D eigenvalue weighted by Gasteiger charge is 2.26. The number of nitrogens with zero attached hydrogens (tertiary/aromatic N) is 1. The van der Waals surface area contributed by atoms with Crippen molar-refractivity contribution in [1.29, 1.82) is 0 Å². The fourth-order valence-corrected chi connectivity index (χ4v) is 2.69. The first-order valence-electron chi connectivity index (χ1n) is 8.54. The van der Waals surface area contributed by atoms with Gasteiger partial charge in [-0.25, -0.2) is 0 Å². The molecule has 1 unspecified atom stereocenters. The van der Waals surface area contributed by atoms with Gasteiger partial charge in [0.1, 0.15) is 12.4 Å². The van der Waals surface area contributed by atoms with Gasteiger partial charge in [0, 0.05) is 26.3 Å². The zero-order valence-corrected chi connectivity index (χ0v) is 17.1. The average molecular weight is 408 g/mol. The van der Waals surface area contributed by atoms with Crippen LogP contribution in [0, 0.1) is 5.92 Å². The molecular formula is C18H31Cl2N3O3. The average Bonchev–Trinajstić information content (AvgIpc) is 2.60. The predicted octanol–water partition coefficient (Wildman–Crippen LogP) is 1.84. The van der Waals surface area contributed by atoms with Crippen molar-refractivity contribution >= 4 is 30.7 Å². The highest BCUT2D eigenvalue weighted by atomic mass is 35.5. The number of carbonyl (C=O) groups excluding carboxylic acids is 1. The highest BCUT2D eigenvalue weighted by molar-refractivity contribution is 5.85. The first-order valence-corrected chi connectivity index (χ1v) is 8.54. The molecule has 0 aromatic heterocycles. The topological polar surface area (TPSA) is 76.8 Å². The Hall–Kier alpha value is -1.05. The van der Waals surface area contributed by atoms with Crippen molar-refractivity contribution in [1.82, 2.24) is 10.2 Å². The Kier molecular flexibility index (Phi) is 12.6. The lowest BCUT2D eigenvalue weighted by atomic mass is 9.92. The van der Waals surface area contributed by atoms with Gasteiger partial charge in [-0.2, -0.15) is 0 Å². The molecule has 1 fully saturated rings. The second kappa shape index (κ2) is 13.2. The van der Waals surface area contributed by atoms with E-state index in [1.54, 1.807) is 0 Å². The van der Waals surface area contributed by atoms with E-state index in [0.717, 1.165) is 30.7 Å². The number of rotatable bonds is 8. The van der Waals surface area contributed by atoms with Crippen LogP contribution in [0.15, 0.2) is 24.3 Å². The number of carbonyl (C=O) groups is 1. The molecule has 1 heterocycles. The van der Waals surface area contributed by atoms with Gasteiger partial charge in [-0.1, -0.05) is 12.1 Å². The zero-order chi connectivity index (χ0) is 17.4. The van der Waals surface area contributed by atoms with E-state index in [1.165, 1.54) is 0 Å². The SMILES string of the molecule is CN(C)CCOc1cccc(CNC(=O)C(N)C2CCOCC2)c1.Cl.Cl. The molecular weight excluding hydrogens is 377 g/mol. The molecule has 1 aliphatic heterocycles. The fraction of sp³-hybridized carbons (Fsp3) is 0.611. The van der Waals surface area contributed by atoms with Crippen LogP contribution in [0.4, 0.5) is 0 Å². The summed E-state index contributed by atoms with van der Waals surface area (Å²) >= 11 is 0. The third kappa shape index (κ3) is 8.56. The monoisotopic (exact) mass is 407 g/mol. The summed E-state index contributed by atoms with van der Waals surface area (Å²) in [5.74, 6) is 0.928. The van der Waals surface area contributed by atoms with Crippen LogP contribution in [0.1, 0.15) is 18.4 Å². The molecule has 150 valence electrons. The minimum atomic E-state index is -0.464. The standard InChI is InChI=1S/C18H29N3O3.2ClH/c1-21(2)8-11-24-16-5-3-4-14(12-16)13-20-18(22)17(19)15-6-9-23-10-7-15;;/h3-5,12,15,17H,6-11,13,19H2,1-2H3,(H,20,22);2*1H. The summed E-state index contributed by atoms with van der Waals surface area (Å²) in [5, 5.41) is 2.93. The first kappa shape index (κ1) is 24.9. The van der Waals surface area contributed by atoms with Crippen molar-refractivity contribution in [3.63, 3.8) is 0 Å². The van der Waals surface area contributed by atoms with Gasteiger partial charge < -0.3 is 25.4 Å². The molecule has 1 saturated heterocycles. The summed E-state index contributed by atoms with van der Waals surface area (Å²) < 4.78 is 11.0. The van der Waals surface area contributed by atoms with Crippen LogP contribution in [0.5, 0.6) is 5.75 Å². The lowest BCUT2D eigenvalue weighted by Gasteiger charge is -2.26. The molecule has 1 atom stereocenters. The van der Waals surface area contributed by atoms with Gasteiger partial charge in [-0.05, 0) is 50.6 Å². The van der Waals surface area contributed by atoms with Crippen LogP contribution < -0.4 is 15.8 Å². The summed E-state index contributed by atoms with van der Waals surface area (Å²) in [5.41, 5.74) is 7.09. The molecule has 1 aromatic carbocycles. The summed E-state index contributed by atoms with van der Waals surface area (Å²) in [6.07, 6.45) is 1.70. The van der Waals surface area contributed by atoms with Gasteiger partial charge in [-0.15, -0.1) is 24.8 Å². The number of halogens is 2. The summed E-state index contributed by atoms with van der Waals surface area (Å²) in [7, 11) is 4.02. The Morgan fingerprint density at radius 1 is 1.35 bits per heavy atom. The van der Waals surface area contributed by atoms with E-state index in [2.05, 4.69) is 10.2 Å². The summed E-state index contributed by atoms with van der Waals surface area (Å²) in [6.45, 7) is 3.34. The van der Waals surface area contributed by atoms with Gasteiger partial charge in [0.2, 0.25) is 5.91 Å². The minimum absolute atomic E-state index is 0. The van der Waals surface area contributed by atoms with E-state index in [-0.39, 0.29) is 36.6 Å². The van der Waals surface area contributed by atoms with E-state index in [1.807, 2.05) is 38.4 Å². The van der Waals surface area contributed by atoms with E-state index >= 15 is 0 Å². The van der Waals surface area contributed by atoms with Crippen molar-refractivity contribution in [2.75, 3.05) is 40.5 Å². The van der Waals surface area contributed by atoms with Gasteiger partial charge in [-0.3, -0.25) is 4.79 Å². The molecule has 3 N–H and O–H groups in total. The minimum Gasteiger partial charge on any atom is -0.492 e. The highest BCUT2D eigenvalue weighted by Crippen LogP contribution is 2.18. The molecule has 0 aliphatic carbocycles. The van der Waals surface area contributed by atoms with Gasteiger partial charge in [0.15, 0.2) is 0 Å². The molecule has 0 spiro atoms. The van der Waals surface area contributed by atoms with Gasteiger partial charge >= 0.3 is 0 Å². The van der Waals surface area contributed by atoms with E-state index in [4.69, 9.17) is 15.2 Å². The lowest BCUT2D eigenvalue weighted by Crippen LogP contribution is -2.46. The van der Waals surface area contributed by atoms with Crippen molar-refractivity contribution in [2.45, 2.75) is 25.4 Å². The Morgan fingerprint density at radius 2 is 2.04 bits per heavy atom. The number of hydrogen-bond acceptors (Lipinski definition) is 5. The number of nitrogens with one attached hydrogen (secondary N) is 1. The number of likely N-dealkylation sites (N-methyl/N-ethyl adjacent to an activating group) is 1. The number of benzene rings is 1. The Labute approximate surface area is 168 Å². The maximum Gasteiger partial charge on any atom is 0.237 e. The molecule has 2 rings (SSSR count). The maximum atomic E-state index is 12.2. The van der Waals surface area contributed by atoms with Crippen LogP contribution in [0.2, 0.25) is 0 Å². The van der Waals surface area contributed by atoms with Crippen LogP contribution >= 0.6 is 24.8 Å². The maximum absolute atomic E-state index is 12.2. The molecule has 1 aromatic rings. The van der Waals surface area contributed by atoms with Crippen LogP contribution in [-0.2, 0) is 16.1 Å². The smallest absolute Gasteiger partial charge is 0.237 e. The molecule has 0 saturated carbocycles. The molecule has 0 radical (unpaired) electrons. The van der Waals surface area contributed by atoms with Crippen LogP contribution in [0.3, 0.4) is 0 Å². The zero-order valence-electron chi connectivity index (χ0n) is 15.5. The number of amides is 1. The van der Waals surface area contributed by atoms with Crippen molar-refractivity contribution in [2.24, 2.45) is 11.7 Å². The Bertz CT molecular complexity index is 526. The summed E-state index contributed by atoms with van der Waals surface area (Å²) in [6, 6.07) is 7.32. The molecule has 6 nitrogen and oxygen atoms in total. The van der Waals surface area contributed by atoms with Gasteiger partial charge in [0.25, 0.3) is 0 Å². The molecule has 1 amide bonds. The number of ether oxygens (including phenoxy) is 2. The third-order valence-corrected chi connectivity index (χ3v) is 4.25. The quantitative estimate of drug-likeness (QED) is 0.687. The Morgan fingerprint density at radius 3 is 2.69 bits per heavy atom. The second-order valence-corrected chi connectivity index (χ2v) is 6.49. The first-order chi connectivity index (χ1) is 11.6. The van der Waals surface area contributed by atoms with Crippen LogP contribution in [-0.4, -0.2) is 57.3 Å². The Balaban J connectivity index is 0.00000312. The van der Waals surface area contributed by atoms with E-state index in [0.29, 0.717) is 26.4 Å². The third-order valence-electron chi connectivity index (χ3n) is 4.25. The van der Waals surface area contributed by atoms with Crippen molar-refractivity contribution in [3.05, 3.63) is 29.8 Å². The molecule has 0 bridgehead atoms. The largest absolute Gasteiger partial charge is 0.492 e. The molecule has 1 aliphatic rings. The molecule has 8 heteroatoms. The molecule has 26 heavy (non-hydrogen) atoms. The fourth-order valence-electron chi connectivity index (χ4n) is 2.69. The van der Waals surface area contributed by atoms with E-state index < -0.39 is 6.04 Å². The van der Waals surface area contributed by atoms with Crippen molar-refractivity contribution in [3.8, 4) is 5.75 Å². The number of hydrogen-bond donors (Lipinski definition) is 2. The normalized spacial score (nSPS) is 15.5. The summed E-state index contributed by atoms with van der Waals surface area (Å²) in [4.78, 5) is 14.3. The number of nitrogens with two attached hydrogens (primary N) is 1.